The van der Waals surface area contributed by atoms with Gasteiger partial charge in [0.05, 0.1) is 0 Å². The largest absolute Gasteiger partial charge is 0.299 e. The van der Waals surface area contributed by atoms with Crippen LogP contribution in [0.1, 0.15) is 36.7 Å². The van der Waals surface area contributed by atoms with Crippen LogP contribution in [-0.4, -0.2) is 12.1 Å². The van der Waals surface area contributed by atoms with Crippen molar-refractivity contribution >= 4 is 12.1 Å². The standard InChI is InChI=1S/C13H16O2/c1-13(2,3)12(15)8-10-6-4-5-7-11(10)9-14/h4-7,9H,8H2,1-3H3. The van der Waals surface area contributed by atoms with Gasteiger partial charge in [0, 0.05) is 17.4 Å². The van der Waals surface area contributed by atoms with E-state index in [1.165, 1.54) is 0 Å². The minimum absolute atomic E-state index is 0.150. The SMILES string of the molecule is CC(C)(C)C(=O)Cc1ccccc1C=O. The first-order valence-corrected chi connectivity index (χ1v) is 5.01. The van der Waals surface area contributed by atoms with E-state index in [9.17, 15) is 9.59 Å². The summed E-state index contributed by atoms with van der Waals surface area (Å²) in [5, 5.41) is 0. The molecule has 0 amide bonds. The van der Waals surface area contributed by atoms with Crippen molar-refractivity contribution in [3.05, 3.63) is 35.4 Å². The highest BCUT2D eigenvalue weighted by Crippen LogP contribution is 2.18. The van der Waals surface area contributed by atoms with Gasteiger partial charge in [0.15, 0.2) is 0 Å². The average molecular weight is 204 g/mol. The second kappa shape index (κ2) is 4.39. The quantitative estimate of drug-likeness (QED) is 0.709. The lowest BCUT2D eigenvalue weighted by Crippen LogP contribution is -2.22. The van der Waals surface area contributed by atoms with Crippen molar-refractivity contribution in [2.24, 2.45) is 5.41 Å². The molecule has 1 aromatic rings. The van der Waals surface area contributed by atoms with Gasteiger partial charge in [0.2, 0.25) is 0 Å². The summed E-state index contributed by atoms with van der Waals surface area (Å²) in [6, 6.07) is 7.21. The lowest BCUT2D eigenvalue weighted by molar-refractivity contribution is -0.125. The van der Waals surface area contributed by atoms with Crippen LogP contribution in [0.2, 0.25) is 0 Å². The number of hydrogen-bond acceptors (Lipinski definition) is 2. The Labute approximate surface area is 90.3 Å². The number of rotatable bonds is 3. The first-order valence-electron chi connectivity index (χ1n) is 5.01. The Bertz CT molecular complexity index is 372. The van der Waals surface area contributed by atoms with Crippen molar-refractivity contribution in [1.82, 2.24) is 0 Å². The molecular weight excluding hydrogens is 188 g/mol. The van der Waals surface area contributed by atoms with Gasteiger partial charge in [-0.25, -0.2) is 0 Å². The Morgan fingerprint density at radius 2 is 1.87 bits per heavy atom. The molecule has 0 spiro atoms. The van der Waals surface area contributed by atoms with E-state index in [0.29, 0.717) is 12.0 Å². The Balaban J connectivity index is 2.90. The van der Waals surface area contributed by atoms with Gasteiger partial charge in [-0.1, -0.05) is 45.0 Å². The van der Waals surface area contributed by atoms with Crippen molar-refractivity contribution in [3.8, 4) is 0 Å². The fraction of sp³-hybridized carbons (Fsp3) is 0.385. The predicted molar refractivity (Wildman–Crippen MR) is 60.0 cm³/mol. The zero-order valence-electron chi connectivity index (χ0n) is 9.41. The van der Waals surface area contributed by atoms with Gasteiger partial charge >= 0.3 is 0 Å². The molecule has 0 fully saturated rings. The number of benzene rings is 1. The van der Waals surface area contributed by atoms with Crippen molar-refractivity contribution in [1.29, 1.82) is 0 Å². The second-order valence-corrected chi connectivity index (χ2v) is 4.67. The normalized spacial score (nSPS) is 11.1. The Kier molecular flexibility index (Phi) is 3.40. The predicted octanol–water partition coefficient (Wildman–Crippen LogP) is 2.66. The van der Waals surface area contributed by atoms with Crippen molar-refractivity contribution < 1.29 is 9.59 Å². The summed E-state index contributed by atoms with van der Waals surface area (Å²) in [5.74, 6) is 0.150. The van der Waals surface area contributed by atoms with E-state index in [4.69, 9.17) is 0 Å². The van der Waals surface area contributed by atoms with Crippen LogP contribution < -0.4 is 0 Å². The maximum Gasteiger partial charge on any atom is 0.150 e. The highest BCUT2D eigenvalue weighted by atomic mass is 16.1. The number of hydrogen-bond donors (Lipinski definition) is 0. The summed E-state index contributed by atoms with van der Waals surface area (Å²) >= 11 is 0. The van der Waals surface area contributed by atoms with E-state index < -0.39 is 0 Å². The van der Waals surface area contributed by atoms with Crippen LogP contribution in [0.15, 0.2) is 24.3 Å². The molecule has 15 heavy (non-hydrogen) atoms. The lowest BCUT2D eigenvalue weighted by atomic mass is 9.86. The third-order valence-corrected chi connectivity index (χ3v) is 2.37. The van der Waals surface area contributed by atoms with Gasteiger partial charge in [-0.3, -0.25) is 9.59 Å². The van der Waals surface area contributed by atoms with Crippen LogP contribution in [0.5, 0.6) is 0 Å². The summed E-state index contributed by atoms with van der Waals surface area (Å²) in [6.07, 6.45) is 1.13. The summed E-state index contributed by atoms with van der Waals surface area (Å²) in [5.41, 5.74) is 1.07. The fourth-order valence-corrected chi connectivity index (χ4v) is 1.25. The van der Waals surface area contributed by atoms with Crippen molar-refractivity contribution in [2.75, 3.05) is 0 Å². The van der Waals surface area contributed by atoms with Gasteiger partial charge < -0.3 is 0 Å². The summed E-state index contributed by atoms with van der Waals surface area (Å²) in [7, 11) is 0. The summed E-state index contributed by atoms with van der Waals surface area (Å²) in [4.78, 5) is 22.5. The molecule has 0 N–H and O–H groups in total. The maximum absolute atomic E-state index is 11.8. The van der Waals surface area contributed by atoms with Crippen LogP contribution in [-0.2, 0) is 11.2 Å². The maximum atomic E-state index is 11.8. The molecule has 0 radical (unpaired) electrons. The van der Waals surface area contributed by atoms with Crippen LogP contribution in [0.4, 0.5) is 0 Å². The Morgan fingerprint density at radius 3 is 2.40 bits per heavy atom. The molecule has 0 atom stereocenters. The van der Waals surface area contributed by atoms with E-state index in [0.717, 1.165) is 11.8 Å². The number of ketones is 1. The van der Waals surface area contributed by atoms with Crippen molar-refractivity contribution in [3.63, 3.8) is 0 Å². The molecule has 0 saturated heterocycles. The van der Waals surface area contributed by atoms with E-state index in [1.807, 2.05) is 32.9 Å². The number of aldehydes is 1. The molecule has 2 heteroatoms. The van der Waals surface area contributed by atoms with Gasteiger partial charge in [-0.05, 0) is 5.56 Å². The van der Waals surface area contributed by atoms with Crippen LogP contribution in [0.25, 0.3) is 0 Å². The summed E-state index contributed by atoms with van der Waals surface area (Å²) in [6.45, 7) is 5.66. The monoisotopic (exact) mass is 204 g/mol. The molecule has 0 aliphatic rings. The Hall–Kier alpha value is -1.44. The van der Waals surface area contributed by atoms with E-state index in [1.54, 1.807) is 12.1 Å². The molecule has 0 aromatic heterocycles. The molecule has 2 nitrogen and oxygen atoms in total. The molecule has 0 unspecified atom stereocenters. The fourth-order valence-electron chi connectivity index (χ4n) is 1.25. The van der Waals surface area contributed by atoms with Gasteiger partial charge in [-0.2, -0.15) is 0 Å². The minimum Gasteiger partial charge on any atom is -0.299 e. The molecule has 0 aliphatic carbocycles. The highest BCUT2D eigenvalue weighted by molar-refractivity contribution is 5.88. The van der Waals surface area contributed by atoms with Gasteiger partial charge in [-0.15, -0.1) is 0 Å². The zero-order chi connectivity index (χ0) is 11.5. The first-order chi connectivity index (χ1) is 6.95. The van der Waals surface area contributed by atoms with Crippen LogP contribution in [0.3, 0.4) is 0 Å². The average Bonchev–Trinajstić information content (AvgIpc) is 2.17. The zero-order valence-corrected chi connectivity index (χ0v) is 9.41. The highest BCUT2D eigenvalue weighted by Gasteiger charge is 2.21. The number of Topliss-reactive ketones (excluding diaryl/α,β-unsaturated/α-hetero) is 1. The summed E-state index contributed by atoms with van der Waals surface area (Å²) < 4.78 is 0. The third-order valence-electron chi connectivity index (χ3n) is 2.37. The van der Waals surface area contributed by atoms with E-state index >= 15 is 0 Å². The minimum atomic E-state index is -0.351. The molecule has 1 aromatic carbocycles. The molecule has 0 aliphatic heterocycles. The molecule has 0 saturated carbocycles. The van der Waals surface area contributed by atoms with Crippen LogP contribution in [0, 0.1) is 5.41 Å². The topological polar surface area (TPSA) is 34.1 Å². The second-order valence-electron chi connectivity index (χ2n) is 4.67. The van der Waals surface area contributed by atoms with Crippen LogP contribution >= 0.6 is 0 Å². The molecule has 80 valence electrons. The number of carbonyl (C=O) groups excluding carboxylic acids is 2. The molecule has 0 bridgehead atoms. The smallest absolute Gasteiger partial charge is 0.150 e. The Morgan fingerprint density at radius 1 is 1.27 bits per heavy atom. The van der Waals surface area contributed by atoms with Gasteiger partial charge in [0.1, 0.15) is 12.1 Å². The third kappa shape index (κ3) is 3.01. The molecular formula is C13H16O2. The van der Waals surface area contributed by atoms with Gasteiger partial charge in [0.25, 0.3) is 0 Å². The van der Waals surface area contributed by atoms with Crippen molar-refractivity contribution in [2.45, 2.75) is 27.2 Å². The van der Waals surface area contributed by atoms with E-state index in [2.05, 4.69) is 0 Å². The first kappa shape index (κ1) is 11.6. The van der Waals surface area contributed by atoms with E-state index in [-0.39, 0.29) is 11.2 Å². The number of carbonyl (C=O) groups is 2. The lowest BCUT2D eigenvalue weighted by Gasteiger charge is -2.16. The molecule has 0 heterocycles. The molecule has 1 rings (SSSR count).